The lowest BCUT2D eigenvalue weighted by molar-refractivity contribution is -0.125. The highest BCUT2D eigenvalue weighted by Crippen LogP contribution is 2.27. The standard InChI is InChI=1S/C29H32N6O3/c1-3-33(4-2)17-8-11-26(36)34-18-16-21(20-34)27-30-19-25-28(31-27)32-29(37)35(25)22-12-14-24(15-13-22)38-23-9-6-5-7-10-23/h5-15,19,21H,3-4,16-18,20H2,1-2H3,(H,30,31,32,37)/b11-8+/t21-/m1/s1. The number of aromatic nitrogens is 4. The second kappa shape index (κ2) is 11.4. The summed E-state index contributed by atoms with van der Waals surface area (Å²) in [7, 11) is 0. The van der Waals surface area contributed by atoms with Crippen LogP contribution in [0.25, 0.3) is 16.9 Å². The number of nitrogens with one attached hydrogen (secondary N) is 1. The topological polar surface area (TPSA) is 96.4 Å². The Morgan fingerprint density at radius 3 is 2.58 bits per heavy atom. The maximum absolute atomic E-state index is 12.8. The van der Waals surface area contributed by atoms with Crippen molar-refractivity contribution in [2.24, 2.45) is 0 Å². The van der Waals surface area contributed by atoms with E-state index in [2.05, 4.69) is 33.7 Å². The van der Waals surface area contributed by atoms with Gasteiger partial charge in [-0.3, -0.25) is 14.3 Å². The number of likely N-dealkylation sites (N-methyl/N-ethyl adjacent to an activating group) is 1. The highest BCUT2D eigenvalue weighted by molar-refractivity contribution is 5.87. The van der Waals surface area contributed by atoms with E-state index < -0.39 is 0 Å². The van der Waals surface area contributed by atoms with Crippen LogP contribution in [0.3, 0.4) is 0 Å². The summed E-state index contributed by atoms with van der Waals surface area (Å²) in [4.78, 5) is 41.7. The van der Waals surface area contributed by atoms with Crippen molar-refractivity contribution in [2.75, 3.05) is 32.7 Å². The second-order valence-corrected chi connectivity index (χ2v) is 9.29. The molecule has 1 atom stereocenters. The Morgan fingerprint density at radius 1 is 1.11 bits per heavy atom. The smallest absolute Gasteiger partial charge is 0.332 e. The number of hydrogen-bond acceptors (Lipinski definition) is 6. The largest absolute Gasteiger partial charge is 0.457 e. The van der Waals surface area contributed by atoms with E-state index in [1.807, 2.05) is 65.6 Å². The van der Waals surface area contributed by atoms with Gasteiger partial charge < -0.3 is 14.5 Å². The number of carbonyl (C=O) groups excluding carboxylic acids is 1. The molecule has 1 fully saturated rings. The van der Waals surface area contributed by atoms with Crippen molar-refractivity contribution >= 4 is 17.1 Å². The first kappa shape index (κ1) is 25.4. The van der Waals surface area contributed by atoms with E-state index in [9.17, 15) is 9.59 Å². The maximum atomic E-state index is 12.8. The van der Waals surface area contributed by atoms with E-state index in [0.29, 0.717) is 41.5 Å². The maximum Gasteiger partial charge on any atom is 0.332 e. The van der Waals surface area contributed by atoms with Crippen molar-refractivity contribution in [3.63, 3.8) is 0 Å². The average molecular weight is 513 g/mol. The van der Waals surface area contributed by atoms with Crippen molar-refractivity contribution in [2.45, 2.75) is 26.2 Å². The average Bonchev–Trinajstić information content (AvgIpc) is 3.56. The number of benzene rings is 2. The van der Waals surface area contributed by atoms with Gasteiger partial charge in [0, 0.05) is 31.6 Å². The molecule has 1 aliphatic heterocycles. The Morgan fingerprint density at radius 2 is 1.84 bits per heavy atom. The zero-order valence-electron chi connectivity index (χ0n) is 21.7. The monoisotopic (exact) mass is 512 g/mol. The van der Waals surface area contributed by atoms with Crippen LogP contribution in [-0.4, -0.2) is 67.9 Å². The molecule has 9 heteroatoms. The van der Waals surface area contributed by atoms with E-state index in [-0.39, 0.29) is 17.5 Å². The molecular weight excluding hydrogens is 480 g/mol. The fourth-order valence-corrected chi connectivity index (χ4v) is 4.71. The molecule has 5 rings (SSSR count). The Kier molecular flexibility index (Phi) is 7.65. The van der Waals surface area contributed by atoms with Crippen molar-refractivity contribution in [3.05, 3.63) is 89.3 Å². The predicted molar refractivity (Wildman–Crippen MR) is 147 cm³/mol. The number of imidazole rings is 1. The highest BCUT2D eigenvalue weighted by Gasteiger charge is 2.28. The van der Waals surface area contributed by atoms with Gasteiger partial charge in [0.05, 0.1) is 11.9 Å². The van der Waals surface area contributed by atoms with Gasteiger partial charge >= 0.3 is 5.69 Å². The molecular formula is C29H32N6O3. The molecule has 9 nitrogen and oxygen atoms in total. The number of nitrogens with zero attached hydrogens (tertiary/aromatic N) is 5. The summed E-state index contributed by atoms with van der Waals surface area (Å²) in [6.45, 7) is 8.13. The molecule has 38 heavy (non-hydrogen) atoms. The van der Waals surface area contributed by atoms with Crippen LogP contribution in [0.5, 0.6) is 11.5 Å². The zero-order chi connectivity index (χ0) is 26.5. The van der Waals surface area contributed by atoms with Crippen LogP contribution in [0.15, 0.2) is 77.7 Å². The molecule has 4 aromatic rings. The van der Waals surface area contributed by atoms with Gasteiger partial charge in [-0.25, -0.2) is 14.8 Å². The summed E-state index contributed by atoms with van der Waals surface area (Å²) in [6.07, 6.45) is 6.06. The number of rotatable bonds is 9. The summed E-state index contributed by atoms with van der Waals surface area (Å²) in [5.41, 5.74) is 1.48. The fraction of sp³-hybridized carbons (Fsp3) is 0.310. The normalized spacial score (nSPS) is 15.7. The number of hydrogen-bond donors (Lipinski definition) is 1. The third-order valence-corrected chi connectivity index (χ3v) is 6.91. The molecule has 2 aromatic heterocycles. The number of aromatic amines is 1. The molecule has 1 aliphatic rings. The molecule has 1 N–H and O–H groups in total. The second-order valence-electron chi connectivity index (χ2n) is 9.29. The van der Waals surface area contributed by atoms with Gasteiger partial charge in [-0.15, -0.1) is 0 Å². The number of H-pyrrole nitrogens is 1. The molecule has 0 bridgehead atoms. The summed E-state index contributed by atoms with van der Waals surface area (Å²) >= 11 is 0. The van der Waals surface area contributed by atoms with Gasteiger partial charge in [0.25, 0.3) is 0 Å². The van der Waals surface area contributed by atoms with Crippen LogP contribution in [0, 0.1) is 0 Å². The Hall–Kier alpha value is -4.24. The number of amides is 1. The quantitative estimate of drug-likeness (QED) is 0.339. The van der Waals surface area contributed by atoms with Crippen LogP contribution in [0.4, 0.5) is 0 Å². The van der Waals surface area contributed by atoms with Gasteiger partial charge in [-0.2, -0.15) is 0 Å². The first-order valence-electron chi connectivity index (χ1n) is 13.0. The van der Waals surface area contributed by atoms with Crippen LogP contribution in [-0.2, 0) is 4.79 Å². The molecule has 196 valence electrons. The summed E-state index contributed by atoms with van der Waals surface area (Å²) in [6, 6.07) is 16.8. The molecule has 3 heterocycles. The molecule has 0 aliphatic carbocycles. The lowest BCUT2D eigenvalue weighted by atomic mass is 10.1. The molecule has 0 saturated carbocycles. The number of para-hydroxylation sites is 1. The number of carbonyl (C=O) groups is 1. The fourth-order valence-electron chi connectivity index (χ4n) is 4.71. The molecule has 1 amide bonds. The Bertz CT molecular complexity index is 1470. The summed E-state index contributed by atoms with van der Waals surface area (Å²) in [5, 5.41) is 0. The third-order valence-electron chi connectivity index (χ3n) is 6.91. The van der Waals surface area contributed by atoms with Crippen molar-refractivity contribution in [3.8, 4) is 17.2 Å². The number of likely N-dealkylation sites (tertiary alicyclic amines) is 1. The van der Waals surface area contributed by atoms with Crippen LogP contribution in [0.2, 0.25) is 0 Å². The van der Waals surface area contributed by atoms with Crippen LogP contribution in [0.1, 0.15) is 32.0 Å². The van der Waals surface area contributed by atoms with Crippen molar-refractivity contribution < 1.29 is 9.53 Å². The number of ether oxygens (including phenoxy) is 1. The summed E-state index contributed by atoms with van der Waals surface area (Å²) in [5.74, 6) is 2.10. The highest BCUT2D eigenvalue weighted by atomic mass is 16.5. The van der Waals surface area contributed by atoms with Crippen LogP contribution < -0.4 is 10.4 Å². The molecule has 0 spiro atoms. The lowest BCUT2D eigenvalue weighted by Crippen LogP contribution is -2.27. The first-order chi connectivity index (χ1) is 18.6. The van der Waals surface area contributed by atoms with Crippen molar-refractivity contribution in [1.82, 2.24) is 29.3 Å². The van der Waals surface area contributed by atoms with E-state index in [4.69, 9.17) is 4.74 Å². The Labute approximate surface area is 221 Å². The number of fused-ring (bicyclic) bond motifs is 1. The van der Waals surface area contributed by atoms with Crippen LogP contribution >= 0.6 is 0 Å². The molecule has 1 saturated heterocycles. The minimum absolute atomic E-state index is 0.0139. The molecule has 0 radical (unpaired) electrons. The first-order valence-corrected chi connectivity index (χ1v) is 13.0. The van der Waals surface area contributed by atoms with Gasteiger partial charge in [0.15, 0.2) is 5.65 Å². The van der Waals surface area contributed by atoms with Gasteiger partial charge in [-0.1, -0.05) is 38.1 Å². The van der Waals surface area contributed by atoms with Gasteiger partial charge in [-0.05, 0) is 55.9 Å². The molecule has 2 aromatic carbocycles. The zero-order valence-corrected chi connectivity index (χ0v) is 21.7. The van der Waals surface area contributed by atoms with E-state index >= 15 is 0 Å². The van der Waals surface area contributed by atoms with E-state index in [1.54, 1.807) is 16.8 Å². The lowest BCUT2D eigenvalue weighted by Gasteiger charge is -2.16. The van der Waals surface area contributed by atoms with Gasteiger partial charge in [0.2, 0.25) is 5.91 Å². The van der Waals surface area contributed by atoms with Gasteiger partial charge in [0.1, 0.15) is 22.8 Å². The van der Waals surface area contributed by atoms with Crippen molar-refractivity contribution in [1.29, 1.82) is 0 Å². The minimum atomic E-state index is -0.287. The van der Waals surface area contributed by atoms with E-state index in [1.165, 1.54) is 0 Å². The predicted octanol–water partition coefficient (Wildman–Crippen LogP) is 4.12. The Balaban J connectivity index is 1.28. The third kappa shape index (κ3) is 5.52. The molecule has 0 unspecified atom stereocenters. The minimum Gasteiger partial charge on any atom is -0.457 e. The van der Waals surface area contributed by atoms with E-state index in [0.717, 1.165) is 31.8 Å². The summed E-state index contributed by atoms with van der Waals surface area (Å²) < 4.78 is 7.41. The SMILES string of the molecule is CCN(CC)C/C=C/C(=O)N1CC[C@@H](c2ncc3c(n2)[nH]c(=O)n3-c2ccc(Oc3ccccc3)cc2)C1.